The number of halogens is 2. The number of rotatable bonds is 14. The zero-order chi connectivity index (χ0) is 22.7. The molecule has 2 atom stereocenters. The van der Waals surface area contributed by atoms with Gasteiger partial charge in [-0.1, -0.05) is 37.0 Å². The number of hydrogen-bond donors (Lipinski definition) is 1. The molecule has 0 aliphatic carbocycles. The van der Waals surface area contributed by atoms with Crippen molar-refractivity contribution in [3.8, 4) is 0 Å². The van der Waals surface area contributed by atoms with Crippen LogP contribution in [0.1, 0.15) is 34.6 Å². The van der Waals surface area contributed by atoms with Crippen LogP contribution in [0.3, 0.4) is 0 Å². The monoisotopic (exact) mass is 545 g/mol. The van der Waals surface area contributed by atoms with Gasteiger partial charge in [-0.3, -0.25) is 9.59 Å². The normalized spacial score (nSPS) is 15.0. The van der Waals surface area contributed by atoms with Crippen molar-refractivity contribution < 1.29 is 33.6 Å². The Morgan fingerprint density at radius 2 is 1.66 bits per heavy atom. The predicted molar refractivity (Wildman–Crippen MR) is 113 cm³/mol. The summed E-state index contributed by atoms with van der Waals surface area (Å²) in [6.07, 6.45) is -1.21. The van der Waals surface area contributed by atoms with Crippen molar-refractivity contribution in [3.63, 3.8) is 0 Å². The second-order valence-electron chi connectivity index (χ2n) is 7.54. The molecule has 0 rings (SSSR count). The molecule has 0 amide bonds. The fraction of sp³-hybridized carbons (Fsp3) is 0.882. The van der Waals surface area contributed by atoms with E-state index in [1.807, 2.05) is 0 Å². The molecule has 0 saturated carbocycles. The van der Waals surface area contributed by atoms with Crippen molar-refractivity contribution in [2.24, 2.45) is 10.5 Å². The van der Waals surface area contributed by atoms with Gasteiger partial charge in [0.1, 0.15) is 23.0 Å². The Labute approximate surface area is 187 Å². The van der Waals surface area contributed by atoms with Crippen LogP contribution in [0.4, 0.5) is 0 Å². The van der Waals surface area contributed by atoms with Crippen LogP contribution in [0.15, 0.2) is 5.11 Å². The molecule has 0 spiro atoms. The van der Waals surface area contributed by atoms with E-state index in [2.05, 4.69) is 41.9 Å². The van der Waals surface area contributed by atoms with Gasteiger partial charge in [0.05, 0.1) is 24.1 Å². The first kappa shape index (κ1) is 28.1. The van der Waals surface area contributed by atoms with Gasteiger partial charge in [0.15, 0.2) is 6.29 Å². The highest BCUT2D eigenvalue weighted by Crippen LogP contribution is 2.27. The SMILES string of the molecule is CC(C)(Br)C(=O)OCC(C)(COC(O)C(C)(C)Br)C(=O)OCCOCCN=[N+]=[N-]. The fourth-order valence-electron chi connectivity index (χ4n) is 1.64. The van der Waals surface area contributed by atoms with Gasteiger partial charge in [0.25, 0.3) is 0 Å². The maximum Gasteiger partial charge on any atom is 0.322 e. The Morgan fingerprint density at radius 1 is 1.03 bits per heavy atom. The molecule has 10 nitrogen and oxygen atoms in total. The Balaban J connectivity index is 4.89. The first-order valence-electron chi connectivity index (χ1n) is 8.84. The minimum atomic E-state index is -1.35. The molecule has 0 aliphatic heterocycles. The smallest absolute Gasteiger partial charge is 0.322 e. The molecule has 0 heterocycles. The predicted octanol–water partition coefficient (Wildman–Crippen LogP) is 3.09. The van der Waals surface area contributed by atoms with E-state index in [-0.39, 0.29) is 39.6 Å². The first-order valence-corrected chi connectivity index (χ1v) is 10.4. The number of ether oxygens (including phenoxy) is 4. The van der Waals surface area contributed by atoms with E-state index in [1.54, 1.807) is 27.7 Å². The summed E-state index contributed by atoms with van der Waals surface area (Å²) in [5, 5.41) is 13.4. The molecule has 0 fully saturated rings. The molecule has 0 bridgehead atoms. The average Bonchev–Trinajstić information content (AvgIpc) is 2.61. The van der Waals surface area contributed by atoms with Crippen LogP contribution in [0.2, 0.25) is 0 Å². The molecule has 168 valence electrons. The highest BCUT2D eigenvalue weighted by atomic mass is 79.9. The van der Waals surface area contributed by atoms with E-state index in [1.165, 1.54) is 6.92 Å². The molecule has 0 aromatic heterocycles. The fourth-order valence-corrected chi connectivity index (χ4v) is 1.88. The first-order chi connectivity index (χ1) is 13.2. The van der Waals surface area contributed by atoms with Gasteiger partial charge in [-0.15, -0.1) is 0 Å². The molecule has 1 N–H and O–H groups in total. The zero-order valence-corrected chi connectivity index (χ0v) is 20.5. The maximum absolute atomic E-state index is 12.6. The molecule has 0 aliphatic rings. The molecular weight excluding hydrogens is 518 g/mol. The third-order valence-electron chi connectivity index (χ3n) is 3.51. The van der Waals surface area contributed by atoms with E-state index in [0.717, 1.165) is 0 Å². The van der Waals surface area contributed by atoms with Crippen molar-refractivity contribution in [2.45, 2.75) is 49.6 Å². The topological polar surface area (TPSA) is 140 Å². The largest absolute Gasteiger partial charge is 0.463 e. The molecule has 12 heteroatoms. The van der Waals surface area contributed by atoms with Crippen molar-refractivity contribution in [1.82, 2.24) is 0 Å². The van der Waals surface area contributed by atoms with Crippen LogP contribution in [-0.4, -0.2) is 71.6 Å². The zero-order valence-electron chi connectivity index (χ0n) is 17.3. The third-order valence-corrected chi connectivity index (χ3v) is 4.22. The summed E-state index contributed by atoms with van der Waals surface area (Å²) in [6.45, 7) is 8.05. The molecule has 0 aromatic rings. The lowest BCUT2D eigenvalue weighted by molar-refractivity contribution is -0.181. The Kier molecular flexibility index (Phi) is 12.3. The standard InChI is InChI=1S/C17H29Br2N3O7/c1-15(2,18)12(23)28-10-17(5,11-29-13(24)16(3,4)19)14(25)27-9-8-26-7-6-21-22-20/h12,23H,6-11H2,1-5H3. The molecule has 0 saturated heterocycles. The van der Waals surface area contributed by atoms with Gasteiger partial charge in [0.2, 0.25) is 0 Å². The highest BCUT2D eigenvalue weighted by Gasteiger charge is 2.40. The number of aliphatic hydroxyl groups is 1. The minimum absolute atomic E-state index is 0.0466. The van der Waals surface area contributed by atoms with Crippen LogP contribution in [0.25, 0.3) is 10.4 Å². The summed E-state index contributed by atoms with van der Waals surface area (Å²) >= 11 is 6.48. The number of aliphatic hydroxyl groups excluding tert-OH is 1. The van der Waals surface area contributed by atoms with Crippen molar-refractivity contribution >= 4 is 43.8 Å². The summed E-state index contributed by atoms with van der Waals surface area (Å²) in [4.78, 5) is 27.2. The van der Waals surface area contributed by atoms with Crippen molar-refractivity contribution in [1.29, 1.82) is 0 Å². The molecule has 0 aromatic carbocycles. The van der Waals surface area contributed by atoms with Gasteiger partial charge >= 0.3 is 11.9 Å². The lowest BCUT2D eigenvalue weighted by Gasteiger charge is -2.31. The van der Waals surface area contributed by atoms with Crippen LogP contribution >= 0.6 is 31.9 Å². The van der Waals surface area contributed by atoms with Gasteiger partial charge < -0.3 is 24.1 Å². The molecule has 0 radical (unpaired) electrons. The van der Waals surface area contributed by atoms with E-state index < -0.39 is 32.3 Å². The highest BCUT2D eigenvalue weighted by molar-refractivity contribution is 9.10. The van der Waals surface area contributed by atoms with Gasteiger partial charge in [-0.2, -0.15) is 0 Å². The Morgan fingerprint density at radius 3 is 2.17 bits per heavy atom. The minimum Gasteiger partial charge on any atom is -0.463 e. The van der Waals surface area contributed by atoms with Crippen LogP contribution < -0.4 is 0 Å². The number of azide groups is 1. The second-order valence-corrected chi connectivity index (χ2v) is 11.6. The Bertz CT molecular complexity index is 587. The average molecular weight is 547 g/mol. The van der Waals surface area contributed by atoms with E-state index in [4.69, 9.17) is 24.5 Å². The van der Waals surface area contributed by atoms with Crippen molar-refractivity contribution in [2.75, 3.05) is 39.6 Å². The third kappa shape index (κ3) is 11.8. The number of hydrogen-bond acceptors (Lipinski definition) is 8. The van der Waals surface area contributed by atoms with E-state index in [0.29, 0.717) is 0 Å². The lowest BCUT2D eigenvalue weighted by atomic mass is 9.93. The number of esters is 2. The van der Waals surface area contributed by atoms with Gasteiger partial charge in [0, 0.05) is 11.5 Å². The number of nitrogens with zero attached hydrogens (tertiary/aromatic N) is 3. The molecule has 29 heavy (non-hydrogen) atoms. The van der Waals surface area contributed by atoms with Crippen LogP contribution in [0.5, 0.6) is 0 Å². The van der Waals surface area contributed by atoms with Gasteiger partial charge in [-0.25, -0.2) is 0 Å². The summed E-state index contributed by atoms with van der Waals surface area (Å²) < 4.78 is 19.4. The van der Waals surface area contributed by atoms with E-state index in [9.17, 15) is 14.7 Å². The summed E-state index contributed by atoms with van der Waals surface area (Å²) in [5.74, 6) is -1.23. The summed E-state index contributed by atoms with van der Waals surface area (Å²) in [7, 11) is 0. The summed E-state index contributed by atoms with van der Waals surface area (Å²) in [6, 6.07) is 0. The van der Waals surface area contributed by atoms with Crippen LogP contribution in [0, 0.1) is 5.41 Å². The quantitative estimate of drug-likeness (QED) is 0.0671. The molecular formula is C17H29Br2N3O7. The van der Waals surface area contributed by atoms with Crippen LogP contribution in [-0.2, 0) is 28.5 Å². The lowest BCUT2D eigenvalue weighted by Crippen LogP contribution is -2.44. The molecule has 2 unspecified atom stereocenters. The van der Waals surface area contributed by atoms with E-state index >= 15 is 0 Å². The Hall–Kier alpha value is -0.910. The number of carbonyl (C=O) groups excluding carboxylic acids is 2. The second kappa shape index (κ2) is 12.7. The summed E-state index contributed by atoms with van der Waals surface area (Å²) in [5.41, 5.74) is 6.82. The maximum atomic E-state index is 12.6. The number of alkyl halides is 2. The number of carbonyl (C=O) groups is 2. The van der Waals surface area contributed by atoms with Gasteiger partial charge in [-0.05, 0) is 40.1 Å². The van der Waals surface area contributed by atoms with Crippen molar-refractivity contribution in [3.05, 3.63) is 10.4 Å².